The zero-order valence-corrected chi connectivity index (χ0v) is 11.5. The number of halogens is 2. The van der Waals surface area contributed by atoms with Crippen molar-refractivity contribution in [1.29, 1.82) is 0 Å². The molecule has 0 aliphatic heterocycles. The van der Waals surface area contributed by atoms with Crippen LogP contribution in [0, 0.1) is 12.3 Å². The lowest BCUT2D eigenvalue weighted by atomic mass is 10.1. The molecule has 0 heterocycles. The van der Waals surface area contributed by atoms with Crippen LogP contribution in [-0.4, -0.2) is 23.9 Å². The molecule has 96 valence electrons. The van der Waals surface area contributed by atoms with E-state index in [1.54, 1.807) is 25.2 Å². The van der Waals surface area contributed by atoms with Gasteiger partial charge in [0.15, 0.2) is 0 Å². The molecule has 0 saturated carbocycles. The number of nitrogens with zero attached hydrogens (tertiary/aromatic N) is 1. The fraction of sp³-hybridized carbons (Fsp3) is 0.308. The molecule has 0 radical (unpaired) electrons. The van der Waals surface area contributed by atoms with Crippen LogP contribution in [0.4, 0.5) is 0 Å². The number of benzene rings is 1. The fourth-order valence-electron chi connectivity index (χ4n) is 1.55. The Morgan fingerprint density at radius 1 is 1.44 bits per heavy atom. The third kappa shape index (κ3) is 4.23. The lowest BCUT2D eigenvalue weighted by molar-refractivity contribution is -0.131. The van der Waals surface area contributed by atoms with Crippen LogP contribution < -0.4 is 5.73 Å². The van der Waals surface area contributed by atoms with E-state index in [0.717, 1.165) is 5.56 Å². The Morgan fingerprint density at radius 2 is 2.00 bits per heavy atom. The minimum absolute atomic E-state index is 0.205. The van der Waals surface area contributed by atoms with Gasteiger partial charge in [-0.2, -0.15) is 0 Å². The smallest absolute Gasteiger partial charge is 0.240 e. The van der Waals surface area contributed by atoms with Gasteiger partial charge in [0.2, 0.25) is 5.91 Å². The summed E-state index contributed by atoms with van der Waals surface area (Å²) in [4.78, 5) is 13.4. The van der Waals surface area contributed by atoms with Crippen molar-refractivity contribution in [2.75, 3.05) is 7.05 Å². The lowest BCUT2D eigenvalue weighted by Gasteiger charge is -2.20. The highest BCUT2D eigenvalue weighted by atomic mass is 35.5. The molecule has 3 nitrogen and oxygen atoms in total. The van der Waals surface area contributed by atoms with Gasteiger partial charge in [0.05, 0.1) is 6.04 Å². The van der Waals surface area contributed by atoms with Gasteiger partial charge in [-0.3, -0.25) is 4.79 Å². The molecule has 1 amide bonds. The highest BCUT2D eigenvalue weighted by molar-refractivity contribution is 6.34. The Labute approximate surface area is 117 Å². The maximum Gasteiger partial charge on any atom is 0.240 e. The average molecular weight is 285 g/mol. The monoisotopic (exact) mass is 284 g/mol. The highest BCUT2D eigenvalue weighted by Crippen LogP contribution is 2.20. The van der Waals surface area contributed by atoms with E-state index < -0.39 is 6.04 Å². The predicted molar refractivity (Wildman–Crippen MR) is 74.4 cm³/mol. The number of likely N-dealkylation sites (N-methyl/N-ethyl adjacent to an activating group) is 1. The van der Waals surface area contributed by atoms with E-state index >= 15 is 0 Å². The quantitative estimate of drug-likeness (QED) is 0.863. The number of carbonyl (C=O) groups excluding carboxylic acids is 1. The van der Waals surface area contributed by atoms with E-state index in [-0.39, 0.29) is 12.3 Å². The first-order chi connectivity index (χ1) is 8.43. The van der Waals surface area contributed by atoms with Gasteiger partial charge >= 0.3 is 0 Å². The third-order valence-corrected chi connectivity index (χ3v) is 2.81. The van der Waals surface area contributed by atoms with Crippen molar-refractivity contribution in [3.05, 3.63) is 33.8 Å². The van der Waals surface area contributed by atoms with E-state index in [1.165, 1.54) is 4.90 Å². The fourth-order valence-corrected chi connectivity index (χ4v) is 2.12. The SMILES string of the molecule is C#CCC(N)C(=O)N(C)Cc1cc(Cl)cc(Cl)c1. The normalized spacial score (nSPS) is 11.7. The van der Waals surface area contributed by atoms with Gasteiger partial charge in [-0.1, -0.05) is 23.2 Å². The summed E-state index contributed by atoms with van der Waals surface area (Å²) in [5.41, 5.74) is 6.50. The third-order valence-electron chi connectivity index (χ3n) is 2.37. The van der Waals surface area contributed by atoms with Crippen molar-refractivity contribution < 1.29 is 4.79 Å². The molecule has 0 spiro atoms. The molecule has 5 heteroatoms. The molecule has 0 fully saturated rings. The van der Waals surface area contributed by atoms with Crippen LogP contribution in [0.15, 0.2) is 18.2 Å². The summed E-state index contributed by atoms with van der Waals surface area (Å²) < 4.78 is 0. The molecule has 1 aromatic carbocycles. The lowest BCUT2D eigenvalue weighted by Crippen LogP contribution is -2.41. The second kappa shape index (κ2) is 6.65. The van der Waals surface area contributed by atoms with E-state index in [9.17, 15) is 4.79 Å². The largest absolute Gasteiger partial charge is 0.340 e. The molecule has 1 rings (SSSR count). The summed E-state index contributed by atoms with van der Waals surface area (Å²) in [6, 6.07) is 4.47. The molecular formula is C13H14Cl2N2O. The molecule has 0 aliphatic rings. The van der Waals surface area contributed by atoms with Crippen molar-refractivity contribution in [2.45, 2.75) is 19.0 Å². The minimum atomic E-state index is -0.672. The summed E-state index contributed by atoms with van der Waals surface area (Å²) in [5.74, 6) is 2.17. The molecule has 1 aromatic rings. The van der Waals surface area contributed by atoms with Crippen LogP contribution in [0.5, 0.6) is 0 Å². The number of hydrogen-bond donors (Lipinski definition) is 1. The van der Waals surface area contributed by atoms with Gasteiger partial charge in [0, 0.05) is 30.1 Å². The van der Waals surface area contributed by atoms with Gasteiger partial charge < -0.3 is 10.6 Å². The second-order valence-corrected chi connectivity index (χ2v) is 4.86. The molecule has 1 unspecified atom stereocenters. The summed E-state index contributed by atoms with van der Waals surface area (Å²) in [7, 11) is 1.66. The Bertz CT molecular complexity index is 462. The minimum Gasteiger partial charge on any atom is -0.340 e. The van der Waals surface area contributed by atoms with Crippen LogP contribution in [0.1, 0.15) is 12.0 Å². The van der Waals surface area contributed by atoms with Crippen molar-refractivity contribution in [3.8, 4) is 12.3 Å². The van der Waals surface area contributed by atoms with E-state index in [1.807, 2.05) is 0 Å². The number of amides is 1. The number of hydrogen-bond acceptors (Lipinski definition) is 2. The molecule has 1 atom stereocenters. The summed E-state index contributed by atoms with van der Waals surface area (Å²) >= 11 is 11.8. The van der Waals surface area contributed by atoms with Gasteiger partial charge in [-0.05, 0) is 23.8 Å². The average Bonchev–Trinajstić information content (AvgIpc) is 2.26. The topological polar surface area (TPSA) is 46.3 Å². The van der Waals surface area contributed by atoms with Crippen molar-refractivity contribution in [1.82, 2.24) is 4.90 Å². The summed E-state index contributed by atoms with van der Waals surface area (Å²) in [5, 5.41) is 1.07. The van der Waals surface area contributed by atoms with Crippen LogP contribution in [0.3, 0.4) is 0 Å². The number of rotatable bonds is 4. The van der Waals surface area contributed by atoms with E-state index in [2.05, 4.69) is 5.92 Å². The Kier molecular flexibility index (Phi) is 5.49. The van der Waals surface area contributed by atoms with Gasteiger partial charge in [-0.15, -0.1) is 12.3 Å². The molecule has 18 heavy (non-hydrogen) atoms. The van der Waals surface area contributed by atoms with E-state index in [4.69, 9.17) is 35.4 Å². The zero-order valence-electron chi connectivity index (χ0n) is 9.99. The molecule has 0 saturated heterocycles. The number of nitrogens with two attached hydrogens (primary N) is 1. The summed E-state index contributed by atoms with van der Waals surface area (Å²) in [6.45, 7) is 0.386. The Hall–Kier alpha value is -1.21. The highest BCUT2D eigenvalue weighted by Gasteiger charge is 2.17. The first kappa shape index (κ1) is 14.8. The van der Waals surface area contributed by atoms with Crippen LogP contribution in [0.2, 0.25) is 10.0 Å². The maximum absolute atomic E-state index is 11.8. The Morgan fingerprint density at radius 3 is 2.50 bits per heavy atom. The number of terminal acetylenes is 1. The first-order valence-electron chi connectivity index (χ1n) is 5.33. The molecular weight excluding hydrogens is 271 g/mol. The molecule has 0 aliphatic carbocycles. The van der Waals surface area contributed by atoms with Crippen LogP contribution in [-0.2, 0) is 11.3 Å². The maximum atomic E-state index is 11.8. The van der Waals surface area contributed by atoms with E-state index in [0.29, 0.717) is 16.6 Å². The number of carbonyl (C=O) groups is 1. The molecule has 2 N–H and O–H groups in total. The van der Waals surface area contributed by atoms with Gasteiger partial charge in [0.25, 0.3) is 0 Å². The van der Waals surface area contributed by atoms with Gasteiger partial charge in [0.1, 0.15) is 0 Å². The molecule has 0 aromatic heterocycles. The first-order valence-corrected chi connectivity index (χ1v) is 6.08. The summed E-state index contributed by atoms with van der Waals surface area (Å²) in [6.07, 6.45) is 5.35. The predicted octanol–water partition coefficient (Wildman–Crippen LogP) is 2.30. The second-order valence-electron chi connectivity index (χ2n) is 3.99. The van der Waals surface area contributed by atoms with Crippen molar-refractivity contribution >= 4 is 29.1 Å². The zero-order chi connectivity index (χ0) is 13.7. The molecule has 0 bridgehead atoms. The van der Waals surface area contributed by atoms with Gasteiger partial charge in [-0.25, -0.2) is 0 Å². The standard InChI is InChI=1S/C13H14Cl2N2O/c1-3-4-12(16)13(18)17(2)8-9-5-10(14)7-11(15)6-9/h1,5-7,12H,4,8,16H2,2H3. The van der Waals surface area contributed by atoms with Crippen molar-refractivity contribution in [2.24, 2.45) is 5.73 Å². The van der Waals surface area contributed by atoms with Crippen LogP contribution in [0.25, 0.3) is 0 Å². The van der Waals surface area contributed by atoms with Crippen molar-refractivity contribution in [3.63, 3.8) is 0 Å². The van der Waals surface area contributed by atoms with Crippen LogP contribution >= 0.6 is 23.2 Å². The Balaban J connectivity index is 2.72.